The topological polar surface area (TPSA) is 91.6 Å². The van der Waals surface area contributed by atoms with Crippen molar-refractivity contribution < 1.29 is 19.2 Å². The molecule has 0 unspecified atom stereocenters. The summed E-state index contributed by atoms with van der Waals surface area (Å²) in [7, 11) is 1.21. The Morgan fingerprint density at radius 2 is 2.08 bits per heavy atom. The molecule has 1 heterocycles. The van der Waals surface area contributed by atoms with Crippen LogP contribution in [0.4, 0.5) is 5.69 Å². The molecule has 0 aliphatic rings. The van der Waals surface area contributed by atoms with Gasteiger partial charge in [-0.2, -0.15) is 0 Å². The molecule has 24 heavy (non-hydrogen) atoms. The average molecular weight is 344 g/mol. The summed E-state index contributed by atoms with van der Waals surface area (Å²) in [6, 6.07) is 11.6. The van der Waals surface area contributed by atoms with Crippen LogP contribution in [0, 0.1) is 10.1 Å². The molecule has 0 aliphatic heterocycles. The smallest absolute Gasteiger partial charge is 0.338 e. The lowest BCUT2D eigenvalue weighted by Gasteiger charge is -2.06. The molecule has 0 saturated carbocycles. The molecule has 0 spiro atoms. The Morgan fingerprint density at radius 3 is 2.79 bits per heavy atom. The second kappa shape index (κ2) is 6.63. The number of nitrogens with zero attached hydrogens (tertiary/aromatic N) is 2. The van der Waals surface area contributed by atoms with Gasteiger partial charge in [-0.1, -0.05) is 12.1 Å². The minimum Gasteiger partial charge on any atom is -0.479 e. The maximum Gasteiger partial charge on any atom is 0.338 e. The normalized spacial score (nSPS) is 10.5. The second-order valence-corrected chi connectivity index (χ2v) is 5.91. The molecular formula is C16H12N2O5S. The fourth-order valence-corrected chi connectivity index (χ4v) is 3.03. The Balaban J connectivity index is 1.83. The van der Waals surface area contributed by atoms with E-state index >= 15 is 0 Å². The number of carbonyl (C=O) groups is 1. The number of para-hydroxylation sites is 1. The van der Waals surface area contributed by atoms with Crippen molar-refractivity contribution >= 4 is 33.2 Å². The van der Waals surface area contributed by atoms with Crippen LogP contribution in [0.1, 0.15) is 15.4 Å². The number of esters is 1. The molecule has 122 valence electrons. The zero-order valence-corrected chi connectivity index (χ0v) is 13.4. The number of hydrogen-bond donors (Lipinski definition) is 0. The third-order valence-electron chi connectivity index (χ3n) is 3.27. The number of rotatable bonds is 5. The summed E-state index contributed by atoms with van der Waals surface area (Å²) in [6.07, 6.45) is 0. The quantitative estimate of drug-likeness (QED) is 0.399. The number of benzene rings is 2. The van der Waals surface area contributed by atoms with Crippen molar-refractivity contribution in [2.45, 2.75) is 6.61 Å². The second-order valence-electron chi connectivity index (χ2n) is 4.80. The summed E-state index contributed by atoms with van der Waals surface area (Å²) >= 11 is 1.46. The Labute approximate surface area is 140 Å². The number of nitro benzene ring substituents is 1. The highest BCUT2D eigenvalue weighted by Crippen LogP contribution is 2.30. The lowest BCUT2D eigenvalue weighted by Crippen LogP contribution is -2.04. The molecule has 8 heteroatoms. The summed E-state index contributed by atoms with van der Waals surface area (Å²) in [5.41, 5.74) is 0.659. The van der Waals surface area contributed by atoms with Gasteiger partial charge in [0.25, 0.3) is 0 Å². The predicted octanol–water partition coefficient (Wildman–Crippen LogP) is 3.57. The number of aromatic nitrogens is 1. The number of ether oxygens (including phenoxy) is 2. The van der Waals surface area contributed by atoms with E-state index in [1.165, 1.54) is 30.6 Å². The van der Waals surface area contributed by atoms with Crippen LogP contribution < -0.4 is 4.74 Å². The molecule has 3 aromatic rings. The largest absolute Gasteiger partial charge is 0.479 e. The molecule has 0 fully saturated rings. The van der Waals surface area contributed by atoms with Crippen molar-refractivity contribution in [2.75, 3.05) is 7.11 Å². The summed E-state index contributed by atoms with van der Waals surface area (Å²) in [4.78, 5) is 26.5. The Hall–Kier alpha value is -3.00. The molecule has 0 saturated heterocycles. The summed E-state index contributed by atoms with van der Waals surface area (Å²) < 4.78 is 11.1. The minimum absolute atomic E-state index is 0.0758. The van der Waals surface area contributed by atoms with Gasteiger partial charge in [0.05, 0.1) is 27.8 Å². The van der Waals surface area contributed by atoms with E-state index in [0.29, 0.717) is 5.01 Å². The third-order valence-corrected chi connectivity index (χ3v) is 4.28. The average Bonchev–Trinajstić information content (AvgIpc) is 3.02. The van der Waals surface area contributed by atoms with Crippen LogP contribution in [0.5, 0.6) is 5.75 Å². The van der Waals surface area contributed by atoms with Crippen molar-refractivity contribution in [3.8, 4) is 5.75 Å². The van der Waals surface area contributed by atoms with Crippen LogP contribution in [0.15, 0.2) is 42.5 Å². The third kappa shape index (κ3) is 3.18. The van der Waals surface area contributed by atoms with Gasteiger partial charge in [-0.25, -0.2) is 9.78 Å². The predicted molar refractivity (Wildman–Crippen MR) is 88.4 cm³/mol. The van der Waals surface area contributed by atoms with Crippen molar-refractivity contribution in [3.05, 3.63) is 63.1 Å². The highest BCUT2D eigenvalue weighted by atomic mass is 32.1. The molecule has 0 bridgehead atoms. The van der Waals surface area contributed by atoms with E-state index in [1.807, 2.05) is 24.3 Å². The molecule has 0 radical (unpaired) electrons. The first-order chi connectivity index (χ1) is 11.6. The first-order valence-corrected chi connectivity index (χ1v) is 7.74. The molecule has 1 aromatic heterocycles. The zero-order chi connectivity index (χ0) is 17.1. The van der Waals surface area contributed by atoms with Crippen LogP contribution >= 0.6 is 11.3 Å². The van der Waals surface area contributed by atoms with Crippen LogP contribution in [0.3, 0.4) is 0 Å². The van der Waals surface area contributed by atoms with E-state index in [9.17, 15) is 14.9 Å². The van der Waals surface area contributed by atoms with Gasteiger partial charge in [0, 0.05) is 6.07 Å². The van der Waals surface area contributed by atoms with Crippen molar-refractivity contribution in [1.29, 1.82) is 0 Å². The molecule has 7 nitrogen and oxygen atoms in total. The van der Waals surface area contributed by atoms with Gasteiger partial charge in [-0.15, -0.1) is 11.3 Å². The van der Waals surface area contributed by atoms with Gasteiger partial charge in [-0.05, 0) is 24.3 Å². The van der Waals surface area contributed by atoms with Crippen LogP contribution in [-0.2, 0) is 11.3 Å². The first-order valence-electron chi connectivity index (χ1n) is 6.92. The maximum absolute atomic E-state index is 11.5. The molecule has 0 amide bonds. The molecule has 0 aliphatic carbocycles. The van der Waals surface area contributed by atoms with Crippen LogP contribution in [-0.4, -0.2) is 23.0 Å². The summed E-state index contributed by atoms with van der Waals surface area (Å²) in [6.45, 7) is 0.109. The number of fused-ring (bicyclic) bond motifs is 1. The van der Waals surface area contributed by atoms with Gasteiger partial charge >= 0.3 is 11.7 Å². The lowest BCUT2D eigenvalue weighted by molar-refractivity contribution is -0.386. The van der Waals surface area contributed by atoms with Crippen LogP contribution in [0.25, 0.3) is 10.2 Å². The van der Waals surface area contributed by atoms with Gasteiger partial charge < -0.3 is 9.47 Å². The molecule has 0 N–H and O–H groups in total. The van der Waals surface area contributed by atoms with Crippen molar-refractivity contribution in [1.82, 2.24) is 4.98 Å². The minimum atomic E-state index is -0.643. The standard InChI is InChI=1S/C16H12N2O5S/c1-22-16(19)10-6-7-13(12(8-10)18(20)21)23-9-15-17-11-4-2-3-5-14(11)24-15/h2-8H,9H2,1H3. The van der Waals surface area contributed by atoms with Crippen molar-refractivity contribution in [2.24, 2.45) is 0 Å². The van der Waals surface area contributed by atoms with E-state index in [2.05, 4.69) is 9.72 Å². The Bertz CT molecular complexity index is 889. The molecule has 0 atom stereocenters. The van der Waals surface area contributed by atoms with Crippen LogP contribution in [0.2, 0.25) is 0 Å². The van der Waals surface area contributed by atoms with E-state index in [4.69, 9.17) is 4.74 Å². The van der Waals surface area contributed by atoms with E-state index in [0.717, 1.165) is 16.3 Å². The molecular weight excluding hydrogens is 332 g/mol. The summed E-state index contributed by atoms with van der Waals surface area (Å²) in [5.74, 6) is -0.567. The molecule has 3 rings (SSSR count). The van der Waals surface area contributed by atoms with Gasteiger partial charge in [0.15, 0.2) is 5.75 Å². The Morgan fingerprint density at radius 1 is 1.29 bits per heavy atom. The van der Waals surface area contributed by atoms with Crippen molar-refractivity contribution in [3.63, 3.8) is 0 Å². The number of hydrogen-bond acceptors (Lipinski definition) is 7. The fraction of sp³-hybridized carbons (Fsp3) is 0.125. The number of thiazole rings is 1. The fourth-order valence-electron chi connectivity index (χ4n) is 2.15. The first kappa shape index (κ1) is 15.9. The van der Waals surface area contributed by atoms with Gasteiger partial charge in [0.2, 0.25) is 0 Å². The van der Waals surface area contributed by atoms with Gasteiger partial charge in [-0.3, -0.25) is 10.1 Å². The zero-order valence-electron chi connectivity index (χ0n) is 12.6. The number of methoxy groups -OCH3 is 1. The van der Waals surface area contributed by atoms with E-state index in [1.54, 1.807) is 0 Å². The van der Waals surface area contributed by atoms with E-state index < -0.39 is 10.9 Å². The summed E-state index contributed by atoms with van der Waals surface area (Å²) in [5, 5.41) is 11.9. The van der Waals surface area contributed by atoms with Gasteiger partial charge in [0.1, 0.15) is 11.6 Å². The monoisotopic (exact) mass is 344 g/mol. The highest BCUT2D eigenvalue weighted by molar-refractivity contribution is 7.18. The Kier molecular flexibility index (Phi) is 4.39. The SMILES string of the molecule is COC(=O)c1ccc(OCc2nc3ccccc3s2)c([N+](=O)[O-])c1. The molecule has 2 aromatic carbocycles. The van der Waals surface area contributed by atoms with E-state index in [-0.39, 0.29) is 23.6 Å². The number of carbonyl (C=O) groups excluding carboxylic acids is 1. The maximum atomic E-state index is 11.5. The number of nitro groups is 1. The lowest BCUT2D eigenvalue weighted by atomic mass is 10.2. The highest BCUT2D eigenvalue weighted by Gasteiger charge is 2.19.